The molecule has 0 aromatic heterocycles. The zero-order chi connectivity index (χ0) is 15.4. The first-order valence-electron chi connectivity index (χ1n) is 7.95. The van der Waals surface area contributed by atoms with E-state index in [4.69, 9.17) is 4.74 Å². The summed E-state index contributed by atoms with van der Waals surface area (Å²) >= 11 is 0. The van der Waals surface area contributed by atoms with Crippen molar-refractivity contribution < 1.29 is 9.53 Å². The Balaban J connectivity index is 3.72. The number of carbonyl (C=O) groups is 1. The first-order valence-corrected chi connectivity index (χ1v) is 7.95. The third kappa shape index (κ3) is 7.52. The molecule has 20 heavy (non-hydrogen) atoms. The lowest BCUT2D eigenvalue weighted by atomic mass is 9.75. The second-order valence-corrected chi connectivity index (χ2v) is 5.78. The van der Waals surface area contributed by atoms with Crippen LogP contribution in [0.3, 0.4) is 0 Å². The van der Waals surface area contributed by atoms with E-state index >= 15 is 0 Å². The van der Waals surface area contributed by atoms with Crippen molar-refractivity contribution in [2.75, 3.05) is 6.61 Å². The molecule has 0 aliphatic rings. The minimum Gasteiger partial charge on any atom is -0.462 e. The molecule has 0 saturated carbocycles. The van der Waals surface area contributed by atoms with Crippen LogP contribution in [-0.2, 0) is 9.53 Å². The number of hydrogen-bond donors (Lipinski definition) is 0. The molecule has 0 N–H and O–H groups in total. The van der Waals surface area contributed by atoms with Crippen LogP contribution in [0, 0.1) is 5.41 Å². The van der Waals surface area contributed by atoms with Crippen LogP contribution in [0.5, 0.6) is 0 Å². The van der Waals surface area contributed by atoms with Crippen molar-refractivity contribution in [3.8, 4) is 0 Å². The number of esters is 1. The van der Waals surface area contributed by atoms with Gasteiger partial charge in [-0.15, -0.1) is 6.58 Å². The highest BCUT2D eigenvalue weighted by atomic mass is 16.5. The van der Waals surface area contributed by atoms with Gasteiger partial charge in [0.15, 0.2) is 0 Å². The average molecular weight is 280 g/mol. The largest absolute Gasteiger partial charge is 0.462 e. The molecule has 0 fully saturated rings. The molecule has 0 spiro atoms. The quantitative estimate of drug-likeness (QED) is 0.206. The predicted molar refractivity (Wildman–Crippen MR) is 86.7 cm³/mol. The van der Waals surface area contributed by atoms with Gasteiger partial charge in [0.05, 0.1) is 6.61 Å². The lowest BCUT2D eigenvalue weighted by molar-refractivity contribution is -0.139. The standard InChI is InChI=1S/C18H32O2/c1-6-13-18(7-2,8-3)14-11-9-10-12-15-20-17(19)16(4)5/h6H,1,4,7-15H2,2-3,5H3. The Morgan fingerprint density at radius 2 is 1.75 bits per heavy atom. The summed E-state index contributed by atoms with van der Waals surface area (Å²) in [7, 11) is 0. The molecular weight excluding hydrogens is 248 g/mol. The first kappa shape index (κ1) is 18.9. The normalized spacial score (nSPS) is 11.2. The molecule has 0 bridgehead atoms. The Bertz CT molecular complexity index is 301. The summed E-state index contributed by atoms with van der Waals surface area (Å²) in [5.74, 6) is -0.271. The van der Waals surface area contributed by atoms with Crippen LogP contribution in [0.1, 0.15) is 72.1 Å². The van der Waals surface area contributed by atoms with Crippen molar-refractivity contribution in [2.24, 2.45) is 5.41 Å². The van der Waals surface area contributed by atoms with Gasteiger partial charge in [0, 0.05) is 5.57 Å². The van der Waals surface area contributed by atoms with E-state index < -0.39 is 0 Å². The molecule has 2 nitrogen and oxygen atoms in total. The maximum Gasteiger partial charge on any atom is 0.333 e. The van der Waals surface area contributed by atoms with E-state index in [1.165, 1.54) is 32.1 Å². The minimum absolute atomic E-state index is 0.271. The van der Waals surface area contributed by atoms with E-state index in [2.05, 4.69) is 33.1 Å². The van der Waals surface area contributed by atoms with Crippen molar-refractivity contribution in [1.29, 1.82) is 0 Å². The molecule has 0 amide bonds. The monoisotopic (exact) mass is 280 g/mol. The van der Waals surface area contributed by atoms with Crippen LogP contribution in [0.25, 0.3) is 0 Å². The third-order valence-corrected chi connectivity index (χ3v) is 4.26. The molecule has 0 atom stereocenters. The highest BCUT2D eigenvalue weighted by Gasteiger charge is 2.23. The van der Waals surface area contributed by atoms with Crippen molar-refractivity contribution >= 4 is 5.97 Å². The maximum absolute atomic E-state index is 11.2. The van der Waals surface area contributed by atoms with Crippen LogP contribution >= 0.6 is 0 Å². The van der Waals surface area contributed by atoms with Gasteiger partial charge < -0.3 is 4.74 Å². The summed E-state index contributed by atoms with van der Waals surface area (Å²) < 4.78 is 5.08. The summed E-state index contributed by atoms with van der Waals surface area (Å²) in [6.07, 6.45) is 11.5. The average Bonchev–Trinajstić information content (AvgIpc) is 2.44. The van der Waals surface area contributed by atoms with Gasteiger partial charge in [-0.3, -0.25) is 0 Å². The predicted octanol–water partition coefficient (Wildman–Crippen LogP) is 5.44. The fourth-order valence-corrected chi connectivity index (χ4v) is 2.54. The summed E-state index contributed by atoms with van der Waals surface area (Å²) in [4.78, 5) is 11.2. The number of ether oxygens (including phenoxy) is 1. The fourth-order valence-electron chi connectivity index (χ4n) is 2.54. The molecule has 0 unspecified atom stereocenters. The fraction of sp³-hybridized carbons (Fsp3) is 0.722. The van der Waals surface area contributed by atoms with Crippen LogP contribution in [0.2, 0.25) is 0 Å². The second kappa shape index (κ2) is 10.7. The number of rotatable bonds is 12. The Morgan fingerprint density at radius 3 is 2.25 bits per heavy atom. The summed E-state index contributed by atoms with van der Waals surface area (Å²) in [5, 5.41) is 0. The molecule has 0 aromatic carbocycles. The van der Waals surface area contributed by atoms with E-state index in [1.807, 2.05) is 0 Å². The Labute approximate surface area is 125 Å². The van der Waals surface area contributed by atoms with Gasteiger partial charge in [0.1, 0.15) is 0 Å². The minimum atomic E-state index is -0.271. The zero-order valence-corrected chi connectivity index (χ0v) is 13.7. The number of carbonyl (C=O) groups excluding carboxylic acids is 1. The Morgan fingerprint density at radius 1 is 1.15 bits per heavy atom. The zero-order valence-electron chi connectivity index (χ0n) is 13.7. The highest BCUT2D eigenvalue weighted by Crippen LogP contribution is 2.36. The number of hydrogen-bond acceptors (Lipinski definition) is 2. The van der Waals surface area contributed by atoms with Crippen molar-refractivity contribution in [3.63, 3.8) is 0 Å². The molecule has 0 aromatic rings. The molecule has 2 heteroatoms. The van der Waals surface area contributed by atoms with E-state index in [1.54, 1.807) is 6.92 Å². The third-order valence-electron chi connectivity index (χ3n) is 4.26. The maximum atomic E-state index is 11.2. The van der Waals surface area contributed by atoms with Crippen molar-refractivity contribution in [2.45, 2.75) is 72.1 Å². The second-order valence-electron chi connectivity index (χ2n) is 5.78. The topological polar surface area (TPSA) is 26.3 Å². The molecular formula is C18H32O2. The van der Waals surface area contributed by atoms with Crippen LogP contribution in [0.15, 0.2) is 24.8 Å². The molecule has 116 valence electrons. The van der Waals surface area contributed by atoms with E-state index in [9.17, 15) is 4.79 Å². The molecule has 0 aliphatic heterocycles. The van der Waals surface area contributed by atoms with Crippen molar-refractivity contribution in [1.82, 2.24) is 0 Å². The number of unbranched alkanes of at least 4 members (excludes halogenated alkanes) is 3. The van der Waals surface area contributed by atoms with Gasteiger partial charge in [0.2, 0.25) is 0 Å². The molecule has 0 heterocycles. The summed E-state index contributed by atoms with van der Waals surface area (Å²) in [5.41, 5.74) is 0.929. The van der Waals surface area contributed by atoms with Crippen LogP contribution in [0.4, 0.5) is 0 Å². The van der Waals surface area contributed by atoms with Gasteiger partial charge in [-0.05, 0) is 31.6 Å². The SMILES string of the molecule is C=CCC(CC)(CC)CCCCCCOC(=O)C(=C)C. The van der Waals surface area contributed by atoms with Gasteiger partial charge in [0.25, 0.3) is 0 Å². The smallest absolute Gasteiger partial charge is 0.333 e. The highest BCUT2D eigenvalue weighted by molar-refractivity contribution is 5.86. The van der Waals surface area contributed by atoms with Gasteiger partial charge >= 0.3 is 5.97 Å². The van der Waals surface area contributed by atoms with Gasteiger partial charge in [-0.2, -0.15) is 0 Å². The first-order chi connectivity index (χ1) is 9.51. The Hall–Kier alpha value is -1.05. The molecule has 0 aliphatic carbocycles. The lowest BCUT2D eigenvalue weighted by Gasteiger charge is -2.30. The lowest BCUT2D eigenvalue weighted by Crippen LogP contribution is -2.17. The number of allylic oxidation sites excluding steroid dienone is 1. The van der Waals surface area contributed by atoms with Crippen molar-refractivity contribution in [3.05, 3.63) is 24.8 Å². The summed E-state index contributed by atoms with van der Waals surface area (Å²) in [6, 6.07) is 0. The van der Waals surface area contributed by atoms with E-state index in [0.717, 1.165) is 19.3 Å². The van der Waals surface area contributed by atoms with E-state index in [0.29, 0.717) is 17.6 Å². The van der Waals surface area contributed by atoms with Gasteiger partial charge in [-0.1, -0.05) is 58.6 Å². The van der Waals surface area contributed by atoms with Crippen LogP contribution < -0.4 is 0 Å². The molecule has 0 radical (unpaired) electrons. The molecule has 0 rings (SSSR count). The molecule has 0 saturated heterocycles. The Kier molecular flexibility index (Phi) is 10.1. The van der Waals surface area contributed by atoms with Gasteiger partial charge in [-0.25, -0.2) is 4.79 Å². The van der Waals surface area contributed by atoms with Crippen LogP contribution in [-0.4, -0.2) is 12.6 Å². The van der Waals surface area contributed by atoms with E-state index in [-0.39, 0.29) is 5.97 Å². The summed E-state index contributed by atoms with van der Waals surface area (Å²) in [6.45, 7) is 14.2.